The SMILES string of the molecule is CC(=O)c1ccc2c(c1)[C@@H]1[C@H](Cl)[C@H](Sc3ccccc3[N+](=O)[O-])C[C@H]1[C@@H](c1ccccc1)N2. The van der Waals surface area contributed by atoms with Gasteiger partial charge in [0.1, 0.15) is 0 Å². The average molecular weight is 479 g/mol. The fourth-order valence-electron chi connectivity index (χ4n) is 5.20. The molecule has 3 aromatic rings. The van der Waals surface area contributed by atoms with Crippen LogP contribution in [0.3, 0.4) is 0 Å². The number of anilines is 1. The third-order valence-electron chi connectivity index (χ3n) is 6.72. The number of nitro benzene ring substituents is 1. The van der Waals surface area contributed by atoms with Gasteiger partial charge in [-0.3, -0.25) is 14.9 Å². The van der Waals surface area contributed by atoms with Crippen LogP contribution in [0.1, 0.15) is 46.8 Å². The van der Waals surface area contributed by atoms with E-state index in [1.54, 1.807) is 19.1 Å². The first-order valence-corrected chi connectivity index (χ1v) is 12.3. The smallest absolute Gasteiger partial charge is 0.282 e. The highest BCUT2D eigenvalue weighted by atomic mass is 35.5. The number of nitro groups is 1. The van der Waals surface area contributed by atoms with Crippen LogP contribution in [-0.4, -0.2) is 21.3 Å². The van der Waals surface area contributed by atoms with Crippen molar-refractivity contribution in [1.29, 1.82) is 0 Å². The lowest BCUT2D eigenvalue weighted by Crippen LogP contribution is -2.31. The summed E-state index contributed by atoms with van der Waals surface area (Å²) in [6.45, 7) is 1.57. The number of nitrogens with zero attached hydrogens (tertiary/aromatic N) is 1. The molecular formula is C26H23ClN2O3S. The van der Waals surface area contributed by atoms with Crippen molar-refractivity contribution < 1.29 is 9.72 Å². The van der Waals surface area contributed by atoms with Crippen molar-refractivity contribution in [1.82, 2.24) is 0 Å². The molecule has 0 radical (unpaired) electrons. The Labute approximate surface area is 201 Å². The van der Waals surface area contributed by atoms with Gasteiger partial charge in [-0.2, -0.15) is 0 Å². The minimum atomic E-state index is -0.337. The minimum absolute atomic E-state index is 0.00251. The second kappa shape index (κ2) is 8.84. The number of alkyl halides is 1. The fourth-order valence-corrected chi connectivity index (χ4v) is 7.14. The first-order valence-electron chi connectivity index (χ1n) is 10.9. The van der Waals surface area contributed by atoms with E-state index in [4.69, 9.17) is 11.6 Å². The number of ketones is 1. The highest BCUT2D eigenvalue weighted by Gasteiger charge is 2.50. The predicted octanol–water partition coefficient (Wildman–Crippen LogP) is 6.84. The molecule has 0 amide bonds. The van der Waals surface area contributed by atoms with Gasteiger partial charge in [-0.1, -0.05) is 42.5 Å². The molecule has 5 atom stereocenters. The molecule has 5 rings (SSSR count). The van der Waals surface area contributed by atoms with Gasteiger partial charge in [-0.25, -0.2) is 0 Å². The minimum Gasteiger partial charge on any atom is -0.378 e. The van der Waals surface area contributed by atoms with E-state index in [9.17, 15) is 14.9 Å². The van der Waals surface area contributed by atoms with Gasteiger partial charge < -0.3 is 5.32 Å². The molecule has 1 aliphatic carbocycles. The number of benzene rings is 3. The van der Waals surface area contributed by atoms with Crippen LogP contribution in [0, 0.1) is 16.0 Å². The number of hydrogen-bond donors (Lipinski definition) is 1. The molecule has 2 aliphatic rings. The van der Waals surface area contributed by atoms with Crippen LogP contribution in [0.4, 0.5) is 11.4 Å². The zero-order valence-corrected chi connectivity index (χ0v) is 19.6. The molecular weight excluding hydrogens is 456 g/mol. The Morgan fingerprint density at radius 3 is 2.55 bits per heavy atom. The lowest BCUT2D eigenvalue weighted by atomic mass is 9.76. The largest absolute Gasteiger partial charge is 0.378 e. The molecule has 1 fully saturated rings. The molecule has 0 saturated heterocycles. The van der Waals surface area contributed by atoms with Gasteiger partial charge in [-0.05, 0) is 54.7 Å². The summed E-state index contributed by atoms with van der Waals surface area (Å²) in [5, 5.41) is 15.0. The number of halogens is 1. The van der Waals surface area contributed by atoms with Crippen molar-refractivity contribution in [2.75, 3.05) is 5.32 Å². The van der Waals surface area contributed by atoms with Gasteiger partial charge in [-0.15, -0.1) is 23.4 Å². The van der Waals surface area contributed by atoms with Crippen molar-refractivity contribution >= 4 is 40.5 Å². The monoisotopic (exact) mass is 478 g/mol. The topological polar surface area (TPSA) is 72.2 Å². The molecule has 0 unspecified atom stereocenters. The Hall–Kier alpha value is -2.83. The molecule has 1 aliphatic heterocycles. The van der Waals surface area contributed by atoms with Crippen molar-refractivity contribution in [2.45, 2.75) is 40.8 Å². The first kappa shape index (κ1) is 22.0. The third kappa shape index (κ3) is 4.02. The van der Waals surface area contributed by atoms with Crippen molar-refractivity contribution in [2.24, 2.45) is 5.92 Å². The molecule has 1 saturated carbocycles. The summed E-state index contributed by atoms with van der Waals surface area (Å²) in [5.74, 6) is 0.257. The lowest BCUT2D eigenvalue weighted by molar-refractivity contribution is -0.387. The molecule has 0 aromatic heterocycles. The summed E-state index contributed by atoms with van der Waals surface area (Å²) in [5.41, 5.74) is 4.03. The first-order chi connectivity index (χ1) is 15.9. The quantitative estimate of drug-likeness (QED) is 0.188. The number of carbonyl (C=O) groups is 1. The second-order valence-electron chi connectivity index (χ2n) is 8.64. The number of para-hydroxylation sites is 1. The van der Waals surface area contributed by atoms with Gasteiger partial charge in [0, 0.05) is 28.5 Å². The van der Waals surface area contributed by atoms with E-state index in [1.807, 2.05) is 42.5 Å². The van der Waals surface area contributed by atoms with E-state index in [0.717, 1.165) is 17.7 Å². The van der Waals surface area contributed by atoms with Gasteiger partial charge in [0.05, 0.1) is 21.2 Å². The van der Waals surface area contributed by atoms with E-state index in [1.165, 1.54) is 23.4 Å². The summed E-state index contributed by atoms with van der Waals surface area (Å²) in [6.07, 6.45) is 0.811. The normalized spacial score (nSPS) is 25.6. The van der Waals surface area contributed by atoms with Crippen LogP contribution in [0.2, 0.25) is 0 Å². The van der Waals surface area contributed by atoms with E-state index < -0.39 is 0 Å². The zero-order valence-electron chi connectivity index (χ0n) is 18.0. The third-order valence-corrected chi connectivity index (χ3v) is 8.83. The standard InChI is InChI=1S/C26H23ClN2O3S/c1-15(30)17-11-12-20-18(13-17)24-19(26(28-20)16-7-3-2-4-8-16)14-23(25(24)27)33-22-10-6-5-9-21(22)29(31)32/h2-13,19,23-26,28H,14H2,1H3/t19-,23-,24+,25-,26-/m1/s1. The van der Waals surface area contributed by atoms with Crippen LogP contribution in [-0.2, 0) is 0 Å². The van der Waals surface area contributed by atoms with Crippen LogP contribution in [0.5, 0.6) is 0 Å². The zero-order chi connectivity index (χ0) is 23.1. The number of nitrogens with one attached hydrogen (secondary N) is 1. The van der Waals surface area contributed by atoms with Crippen molar-refractivity contribution in [3.8, 4) is 0 Å². The van der Waals surface area contributed by atoms with Crippen LogP contribution >= 0.6 is 23.4 Å². The van der Waals surface area contributed by atoms with Gasteiger partial charge in [0.25, 0.3) is 5.69 Å². The number of Topliss-reactive ketones (excluding diaryl/α,β-unsaturated/α-hetero) is 1. The Morgan fingerprint density at radius 1 is 1.09 bits per heavy atom. The maximum Gasteiger partial charge on any atom is 0.282 e. The molecule has 168 valence electrons. The van der Waals surface area contributed by atoms with Gasteiger partial charge in [0.2, 0.25) is 0 Å². The Bertz CT molecular complexity index is 1220. The van der Waals surface area contributed by atoms with Crippen molar-refractivity contribution in [3.05, 3.63) is 99.6 Å². The summed E-state index contributed by atoms with van der Waals surface area (Å²) in [4.78, 5) is 23.9. The molecule has 0 spiro atoms. The van der Waals surface area contributed by atoms with E-state index >= 15 is 0 Å². The molecule has 1 heterocycles. The number of thioether (sulfide) groups is 1. The summed E-state index contributed by atoms with van der Waals surface area (Å²) >= 11 is 8.64. The Morgan fingerprint density at radius 2 is 1.82 bits per heavy atom. The average Bonchev–Trinajstić information content (AvgIpc) is 3.15. The van der Waals surface area contributed by atoms with Gasteiger partial charge >= 0.3 is 0 Å². The molecule has 1 N–H and O–H groups in total. The van der Waals surface area contributed by atoms with Crippen LogP contribution in [0.15, 0.2) is 77.7 Å². The highest BCUT2D eigenvalue weighted by molar-refractivity contribution is 8.00. The fraction of sp³-hybridized carbons (Fsp3) is 0.269. The van der Waals surface area contributed by atoms with Crippen molar-refractivity contribution in [3.63, 3.8) is 0 Å². The molecule has 0 bridgehead atoms. The number of rotatable bonds is 5. The van der Waals surface area contributed by atoms with Gasteiger partial charge in [0.15, 0.2) is 5.78 Å². The Balaban J connectivity index is 1.55. The summed E-state index contributed by atoms with van der Waals surface area (Å²) < 4.78 is 0. The Kier molecular flexibility index (Phi) is 5.89. The molecule has 5 nitrogen and oxygen atoms in total. The number of fused-ring (bicyclic) bond motifs is 3. The second-order valence-corrected chi connectivity index (χ2v) is 10.4. The molecule has 7 heteroatoms. The van der Waals surface area contributed by atoms with E-state index in [2.05, 4.69) is 17.4 Å². The van der Waals surface area contributed by atoms with E-state index in [0.29, 0.717) is 10.5 Å². The van der Waals surface area contributed by atoms with Crippen LogP contribution < -0.4 is 5.32 Å². The summed E-state index contributed by atoms with van der Waals surface area (Å²) in [6, 6.07) is 23.0. The van der Waals surface area contributed by atoms with E-state index in [-0.39, 0.29) is 44.9 Å². The number of carbonyl (C=O) groups excluding carboxylic acids is 1. The maximum atomic E-state index is 12.1. The number of hydrogen-bond acceptors (Lipinski definition) is 5. The summed E-state index contributed by atoms with van der Waals surface area (Å²) in [7, 11) is 0. The predicted molar refractivity (Wildman–Crippen MR) is 132 cm³/mol. The maximum absolute atomic E-state index is 12.1. The molecule has 3 aromatic carbocycles. The van der Waals surface area contributed by atoms with Crippen LogP contribution in [0.25, 0.3) is 0 Å². The molecule has 33 heavy (non-hydrogen) atoms. The lowest BCUT2D eigenvalue weighted by Gasteiger charge is -2.38. The highest BCUT2D eigenvalue weighted by Crippen LogP contribution is 2.58.